The molecule has 6 fully saturated rings. The number of nitrogens with zero attached hydrogens (tertiary/aromatic N) is 6. The van der Waals surface area contributed by atoms with E-state index < -0.39 is 71.1 Å². The predicted molar refractivity (Wildman–Crippen MR) is 316 cm³/mol. The number of likely N-dealkylation sites (N-methyl/N-ethyl adjacent to an activating group) is 2. The number of ether oxygens (including phenoxy) is 2. The number of benzene rings is 4. The van der Waals surface area contributed by atoms with Crippen LogP contribution in [0.2, 0.25) is 0 Å². The molecule has 6 N–H and O–H groups in total. The molecule has 6 aromatic rings. The second-order valence-electron chi connectivity index (χ2n) is 25.6. The summed E-state index contributed by atoms with van der Waals surface area (Å²) in [5.74, 6) is -7.53. The largest absolute Gasteiger partial charge is 0.361 e. The lowest BCUT2D eigenvalue weighted by molar-refractivity contribution is -0.315. The Labute approximate surface area is 496 Å². The molecule has 8 aliphatic heterocycles. The summed E-state index contributed by atoms with van der Waals surface area (Å²) in [5.41, 5.74) is 7.17. The normalized spacial score (nSPS) is 33.3. The highest BCUT2D eigenvalue weighted by atomic mass is 16.7. The fraction of sp³-hybridized carbons (Fsp3) is 0.424. The van der Waals surface area contributed by atoms with Crippen LogP contribution in [0.1, 0.15) is 72.9 Å². The monoisotopic (exact) mass is 1160 g/mol. The van der Waals surface area contributed by atoms with E-state index in [2.05, 4.69) is 67.1 Å². The van der Waals surface area contributed by atoms with Crippen molar-refractivity contribution in [3.05, 3.63) is 155 Å². The van der Waals surface area contributed by atoms with E-state index in [-0.39, 0.29) is 48.6 Å². The van der Waals surface area contributed by atoms with Gasteiger partial charge in [-0.15, -0.1) is 0 Å². The van der Waals surface area contributed by atoms with Crippen LogP contribution >= 0.6 is 0 Å². The third-order valence-electron chi connectivity index (χ3n) is 20.3. The molecule has 0 spiro atoms. The van der Waals surface area contributed by atoms with E-state index in [1.807, 2.05) is 99.0 Å². The van der Waals surface area contributed by atoms with Gasteiger partial charge >= 0.3 is 0 Å². The van der Waals surface area contributed by atoms with E-state index in [1.165, 1.54) is 45.5 Å². The molecule has 0 saturated carbocycles. The highest BCUT2D eigenvalue weighted by Crippen LogP contribution is 2.49. The number of carbonyl (C=O) groups excluding carboxylic acids is 6. The van der Waals surface area contributed by atoms with Gasteiger partial charge in [0.2, 0.25) is 35.1 Å². The van der Waals surface area contributed by atoms with Crippen LogP contribution in [-0.4, -0.2) is 185 Å². The Kier molecular flexibility index (Phi) is 12.6. The zero-order valence-electron chi connectivity index (χ0n) is 48.5. The topological polar surface area (TPSA) is 236 Å². The summed E-state index contributed by atoms with van der Waals surface area (Å²) in [6, 6.07) is 28.2. The van der Waals surface area contributed by atoms with Crippen LogP contribution < -0.4 is 10.6 Å². The van der Waals surface area contributed by atoms with E-state index >= 15 is 0 Å². The summed E-state index contributed by atoms with van der Waals surface area (Å²) < 4.78 is 12.5. The van der Waals surface area contributed by atoms with Crippen molar-refractivity contribution in [2.24, 2.45) is 11.8 Å². The highest BCUT2D eigenvalue weighted by Gasteiger charge is 2.71. The minimum Gasteiger partial charge on any atom is -0.361 e. The summed E-state index contributed by atoms with van der Waals surface area (Å²) in [7, 11) is 4.04. The van der Waals surface area contributed by atoms with Crippen molar-refractivity contribution in [3.63, 3.8) is 0 Å². The minimum atomic E-state index is -2.04. The fourth-order valence-corrected chi connectivity index (χ4v) is 16.2. The molecule has 6 saturated heterocycles. The van der Waals surface area contributed by atoms with Crippen molar-refractivity contribution in [2.75, 3.05) is 40.3 Å². The standard InChI is InChI=1S/2C33H35N5O5/c2*1-32(35-29(39)21-15-23-22-10-6-11-24-28(22)20(17-34-24)16-25(23)36(2)18-21)31(41)38-26(14-19-8-4-3-5-9-19)30(40)37-13-7-12-27(37)33(38,42)43-32/h2*3-6,8-11,15,17,21,25-27,34,42H,7,12-14,16,18H2,1-2H3,(H,35,39)/t2*21-,25+,26+,27+,32-,33+/m11/s1. The van der Waals surface area contributed by atoms with E-state index in [9.17, 15) is 39.0 Å². The van der Waals surface area contributed by atoms with Gasteiger partial charge in [0.1, 0.15) is 24.2 Å². The van der Waals surface area contributed by atoms with Gasteiger partial charge in [0.15, 0.2) is 0 Å². The fourth-order valence-electron chi connectivity index (χ4n) is 16.2. The SMILES string of the molecule is CN1C[C@H](C(=O)N[C@]2(C)O[C@@]3(O)[C@@H]4CCCN4C(=O)[C@H](Cc4ccccc4)N3C2=O)C=C2c3cccc4[nH]cc(c34)C[C@@H]21.CN1C[C@H](C(=O)N[C@]2(C)O[C@@]3(O)[C@@H]4CCCN4C(=O)[C@H](Cc4ccccc4)N3C2=O)C=C2c3cccc4[nH]cc(c34)C[C@@H]21. The number of aliphatic hydroxyl groups is 2. The van der Waals surface area contributed by atoms with Crippen molar-refractivity contribution < 1.29 is 48.5 Å². The number of hydrogen-bond donors (Lipinski definition) is 6. The first-order valence-corrected chi connectivity index (χ1v) is 30.2. The number of H-pyrrole nitrogens is 2. The Morgan fingerprint density at radius 3 is 1.40 bits per heavy atom. The Bertz CT molecular complexity index is 3650. The van der Waals surface area contributed by atoms with Crippen molar-refractivity contribution >= 4 is 68.4 Å². The van der Waals surface area contributed by atoms with Gasteiger partial charge in [0.25, 0.3) is 23.6 Å². The third-order valence-corrected chi connectivity index (χ3v) is 20.3. The Hall–Kier alpha value is -7.98. The number of hydrogen-bond acceptors (Lipinski definition) is 12. The molecule has 0 radical (unpaired) electrons. The van der Waals surface area contributed by atoms with E-state index in [0.717, 1.165) is 57.3 Å². The number of nitrogens with one attached hydrogen (secondary N) is 4. The third kappa shape index (κ3) is 8.23. The van der Waals surface area contributed by atoms with Crippen LogP contribution in [0.15, 0.2) is 122 Å². The first-order chi connectivity index (χ1) is 41.4. The van der Waals surface area contributed by atoms with Gasteiger partial charge in [-0.05, 0) is 123 Å². The first-order valence-electron chi connectivity index (χ1n) is 30.2. The maximum atomic E-state index is 14.2. The number of aromatic nitrogens is 2. The second-order valence-corrected chi connectivity index (χ2v) is 25.6. The molecule has 20 heteroatoms. The molecule has 0 bridgehead atoms. The Morgan fingerprint density at radius 1 is 0.581 bits per heavy atom. The lowest BCUT2D eigenvalue weighted by Crippen LogP contribution is -2.71. The summed E-state index contributed by atoms with van der Waals surface area (Å²) in [6.07, 6.45) is 12.8. The number of fused-ring (bicyclic) bond motifs is 10. The Morgan fingerprint density at radius 2 is 0.988 bits per heavy atom. The molecule has 10 heterocycles. The molecule has 444 valence electrons. The molecule has 4 aromatic carbocycles. The van der Waals surface area contributed by atoms with Gasteiger partial charge < -0.3 is 40.6 Å². The van der Waals surface area contributed by atoms with Crippen LogP contribution in [0.4, 0.5) is 0 Å². The average molecular weight is 1160 g/mol. The molecule has 86 heavy (non-hydrogen) atoms. The smallest absolute Gasteiger partial charge is 0.280 e. The molecule has 6 amide bonds. The maximum Gasteiger partial charge on any atom is 0.280 e. The quantitative estimate of drug-likeness (QED) is 0.127. The molecule has 0 unspecified atom stereocenters. The molecule has 16 rings (SSSR count). The minimum absolute atomic E-state index is 0.144. The van der Waals surface area contributed by atoms with Gasteiger partial charge in [0, 0.05) is 85.3 Å². The zero-order chi connectivity index (χ0) is 59.3. The van der Waals surface area contributed by atoms with Crippen molar-refractivity contribution in [1.82, 2.24) is 50.0 Å². The lowest BCUT2D eigenvalue weighted by Gasteiger charge is -2.48. The number of aromatic amines is 2. The highest BCUT2D eigenvalue weighted by molar-refractivity contribution is 6.03. The van der Waals surface area contributed by atoms with Gasteiger partial charge in [-0.3, -0.25) is 57.8 Å². The van der Waals surface area contributed by atoms with Gasteiger partial charge in [0.05, 0.1) is 11.8 Å². The number of rotatable bonds is 8. The van der Waals surface area contributed by atoms with Crippen molar-refractivity contribution in [3.8, 4) is 0 Å². The molecule has 12 atom stereocenters. The number of carbonyl (C=O) groups is 6. The molecule has 2 aromatic heterocycles. The van der Waals surface area contributed by atoms with E-state index in [1.54, 1.807) is 9.80 Å². The summed E-state index contributed by atoms with van der Waals surface area (Å²) >= 11 is 0. The Balaban J connectivity index is 0.000000145. The molecular weight excluding hydrogens is 1090 g/mol. The van der Waals surface area contributed by atoms with Gasteiger partial charge in [-0.2, -0.15) is 0 Å². The van der Waals surface area contributed by atoms with E-state index in [0.29, 0.717) is 51.9 Å². The average Bonchev–Trinajstić information content (AvgIpc) is 1.83. The van der Waals surface area contributed by atoms with Crippen LogP contribution in [0.25, 0.3) is 33.0 Å². The van der Waals surface area contributed by atoms with Gasteiger partial charge in [-0.1, -0.05) is 97.1 Å². The van der Waals surface area contributed by atoms with Crippen molar-refractivity contribution in [2.45, 2.75) is 125 Å². The summed E-state index contributed by atoms with van der Waals surface area (Å²) in [5, 5.41) is 32.2. The van der Waals surface area contributed by atoms with Crippen LogP contribution in [-0.2, 0) is 63.9 Å². The van der Waals surface area contributed by atoms with Crippen LogP contribution in [0.5, 0.6) is 0 Å². The van der Waals surface area contributed by atoms with E-state index in [4.69, 9.17) is 9.47 Å². The maximum absolute atomic E-state index is 14.2. The van der Waals surface area contributed by atoms with Crippen molar-refractivity contribution in [1.29, 1.82) is 0 Å². The predicted octanol–water partition coefficient (Wildman–Crippen LogP) is 3.98. The van der Waals surface area contributed by atoms with Gasteiger partial charge in [-0.25, -0.2) is 0 Å². The summed E-state index contributed by atoms with van der Waals surface area (Å²) in [4.78, 5) is 100. The number of amides is 6. The van der Waals surface area contributed by atoms with Crippen LogP contribution in [0.3, 0.4) is 0 Å². The first kappa shape index (κ1) is 54.7. The molecule has 10 aliphatic rings. The lowest BCUT2D eigenvalue weighted by atomic mass is 9.79. The second kappa shape index (κ2) is 19.8. The number of piperazine rings is 2. The molecule has 20 nitrogen and oxygen atoms in total. The summed E-state index contributed by atoms with van der Waals surface area (Å²) in [6.45, 7) is 4.90. The molecular formula is C66H70N10O10. The zero-order valence-corrected chi connectivity index (χ0v) is 48.5. The molecule has 2 aliphatic carbocycles. The van der Waals surface area contributed by atoms with Crippen LogP contribution in [0, 0.1) is 11.8 Å².